The first-order valence-electron chi connectivity index (χ1n) is 5.46. The highest BCUT2D eigenvalue weighted by atomic mass is 35.5. The summed E-state index contributed by atoms with van der Waals surface area (Å²) in [4.78, 5) is 4.46. The number of nitrogens with zero attached hydrogens (tertiary/aromatic N) is 2. The number of piperazine rings is 1. The molecule has 1 aromatic rings. The van der Waals surface area contributed by atoms with E-state index in [1.54, 1.807) is 6.07 Å². The molecule has 0 saturated carbocycles. The number of hydrogen-bond donors (Lipinski definition) is 1. The summed E-state index contributed by atoms with van der Waals surface area (Å²) in [6, 6.07) is 3.88. The number of aliphatic hydroxyl groups is 1. The maximum atomic E-state index is 9.24. The summed E-state index contributed by atoms with van der Waals surface area (Å²) in [5.41, 5.74) is 0. The second-order valence-corrected chi connectivity index (χ2v) is 4.63. The Balaban J connectivity index is 1.91. The summed E-state index contributed by atoms with van der Waals surface area (Å²) < 4.78 is 5.33. The molecular formula is C11H17ClN2O2. The van der Waals surface area contributed by atoms with Gasteiger partial charge in [0.1, 0.15) is 5.76 Å². The lowest BCUT2D eigenvalue weighted by molar-refractivity contribution is 0.0508. The second-order valence-electron chi connectivity index (χ2n) is 4.26. The van der Waals surface area contributed by atoms with Gasteiger partial charge in [0.2, 0.25) is 0 Å². The fraction of sp³-hybridized carbons (Fsp3) is 0.636. The lowest BCUT2D eigenvalue weighted by Gasteiger charge is -2.38. The summed E-state index contributed by atoms with van der Waals surface area (Å²) in [5, 5.41) is 9.67. The molecule has 0 aromatic carbocycles. The normalized spacial score (nSPS) is 23.8. The molecular weight excluding hydrogens is 228 g/mol. The van der Waals surface area contributed by atoms with Crippen LogP contribution in [0, 0.1) is 0 Å². The first kappa shape index (κ1) is 11.9. The van der Waals surface area contributed by atoms with Gasteiger partial charge in [-0.15, -0.1) is 0 Å². The van der Waals surface area contributed by atoms with Crippen molar-refractivity contribution in [3.8, 4) is 0 Å². The molecule has 0 spiro atoms. The molecule has 1 aromatic heterocycles. The molecule has 0 aliphatic carbocycles. The zero-order valence-corrected chi connectivity index (χ0v) is 10.2. The van der Waals surface area contributed by atoms with Crippen molar-refractivity contribution in [2.75, 3.05) is 33.3 Å². The van der Waals surface area contributed by atoms with Crippen LogP contribution in [0.3, 0.4) is 0 Å². The van der Waals surface area contributed by atoms with Crippen LogP contribution in [-0.2, 0) is 6.54 Å². The molecule has 0 amide bonds. The highest BCUT2D eigenvalue weighted by Gasteiger charge is 2.23. The largest absolute Gasteiger partial charge is 0.448 e. The molecule has 1 atom stereocenters. The Labute approximate surface area is 100 Å². The zero-order chi connectivity index (χ0) is 11.5. The van der Waals surface area contributed by atoms with Gasteiger partial charge in [0.25, 0.3) is 0 Å². The average molecular weight is 245 g/mol. The third kappa shape index (κ3) is 2.77. The van der Waals surface area contributed by atoms with E-state index in [1.807, 2.05) is 13.1 Å². The van der Waals surface area contributed by atoms with Crippen molar-refractivity contribution in [1.29, 1.82) is 0 Å². The molecule has 4 nitrogen and oxygen atoms in total. The molecule has 0 radical (unpaired) electrons. The Hall–Kier alpha value is -0.550. The molecule has 0 bridgehead atoms. The van der Waals surface area contributed by atoms with Gasteiger partial charge in [0.15, 0.2) is 5.22 Å². The fourth-order valence-electron chi connectivity index (χ4n) is 2.01. The van der Waals surface area contributed by atoms with Crippen LogP contribution in [0.1, 0.15) is 5.76 Å². The van der Waals surface area contributed by atoms with Crippen molar-refractivity contribution in [2.24, 2.45) is 0 Å². The van der Waals surface area contributed by atoms with E-state index in [9.17, 15) is 5.11 Å². The predicted molar refractivity (Wildman–Crippen MR) is 62.5 cm³/mol. The molecule has 2 heterocycles. The van der Waals surface area contributed by atoms with E-state index in [0.717, 1.165) is 31.9 Å². The van der Waals surface area contributed by atoms with Gasteiger partial charge in [-0.3, -0.25) is 9.80 Å². The number of rotatable bonds is 3. The minimum atomic E-state index is 0.200. The minimum absolute atomic E-state index is 0.200. The van der Waals surface area contributed by atoms with Crippen molar-refractivity contribution in [1.82, 2.24) is 9.80 Å². The molecule has 90 valence electrons. The van der Waals surface area contributed by atoms with Crippen molar-refractivity contribution < 1.29 is 9.52 Å². The number of furan rings is 1. The zero-order valence-electron chi connectivity index (χ0n) is 9.40. The third-order valence-corrected chi connectivity index (χ3v) is 3.28. The van der Waals surface area contributed by atoms with Gasteiger partial charge in [-0.25, -0.2) is 0 Å². The highest BCUT2D eigenvalue weighted by Crippen LogP contribution is 2.16. The van der Waals surface area contributed by atoms with Crippen LogP contribution in [0.5, 0.6) is 0 Å². The summed E-state index contributed by atoms with van der Waals surface area (Å²) in [6.07, 6.45) is 0. The van der Waals surface area contributed by atoms with Crippen molar-refractivity contribution in [3.63, 3.8) is 0 Å². The van der Waals surface area contributed by atoms with E-state index in [2.05, 4.69) is 9.80 Å². The Morgan fingerprint density at radius 2 is 2.31 bits per heavy atom. The monoisotopic (exact) mass is 244 g/mol. The van der Waals surface area contributed by atoms with E-state index < -0.39 is 0 Å². The van der Waals surface area contributed by atoms with Crippen LogP contribution in [0.15, 0.2) is 16.5 Å². The standard InChI is InChI=1S/C11H17ClN2O2/c1-13-4-5-14(6-9(13)8-15)7-10-2-3-11(12)16-10/h2-3,9,15H,4-8H2,1H3/t9-/m0/s1. The van der Waals surface area contributed by atoms with Gasteiger partial charge in [-0.05, 0) is 30.8 Å². The molecule has 1 fully saturated rings. The Morgan fingerprint density at radius 1 is 1.50 bits per heavy atom. The van der Waals surface area contributed by atoms with E-state index in [0.29, 0.717) is 5.22 Å². The summed E-state index contributed by atoms with van der Waals surface area (Å²) in [6.45, 7) is 3.79. The molecule has 2 rings (SSSR count). The summed E-state index contributed by atoms with van der Waals surface area (Å²) in [7, 11) is 2.04. The molecule has 1 aliphatic heterocycles. The van der Waals surface area contributed by atoms with Gasteiger partial charge >= 0.3 is 0 Å². The van der Waals surface area contributed by atoms with Crippen molar-refractivity contribution in [3.05, 3.63) is 23.1 Å². The number of aliphatic hydroxyl groups excluding tert-OH is 1. The van der Waals surface area contributed by atoms with Crippen LogP contribution < -0.4 is 0 Å². The van der Waals surface area contributed by atoms with Gasteiger partial charge in [0, 0.05) is 25.7 Å². The number of hydrogen-bond acceptors (Lipinski definition) is 4. The first-order chi connectivity index (χ1) is 7.69. The highest BCUT2D eigenvalue weighted by molar-refractivity contribution is 6.28. The fourth-order valence-corrected chi connectivity index (χ4v) is 2.17. The predicted octanol–water partition coefficient (Wildman–Crippen LogP) is 1.04. The molecule has 1 saturated heterocycles. The lowest BCUT2D eigenvalue weighted by Crippen LogP contribution is -2.52. The number of likely N-dealkylation sites (N-methyl/N-ethyl adjacent to an activating group) is 1. The number of halogens is 1. The van der Waals surface area contributed by atoms with Crippen LogP contribution in [0.4, 0.5) is 0 Å². The van der Waals surface area contributed by atoms with Gasteiger partial charge < -0.3 is 9.52 Å². The second kappa shape index (κ2) is 5.19. The molecule has 0 unspecified atom stereocenters. The van der Waals surface area contributed by atoms with E-state index in [1.165, 1.54) is 0 Å². The van der Waals surface area contributed by atoms with Gasteiger partial charge in [0.05, 0.1) is 13.2 Å². The topological polar surface area (TPSA) is 39.9 Å². The first-order valence-corrected chi connectivity index (χ1v) is 5.84. The Bertz CT molecular complexity index is 342. The summed E-state index contributed by atoms with van der Waals surface area (Å²) in [5.74, 6) is 0.881. The van der Waals surface area contributed by atoms with Crippen LogP contribution in [0.2, 0.25) is 5.22 Å². The smallest absolute Gasteiger partial charge is 0.193 e. The van der Waals surface area contributed by atoms with Gasteiger partial charge in [-0.2, -0.15) is 0 Å². The van der Waals surface area contributed by atoms with Crippen LogP contribution >= 0.6 is 11.6 Å². The van der Waals surface area contributed by atoms with Crippen molar-refractivity contribution >= 4 is 11.6 Å². The Morgan fingerprint density at radius 3 is 2.94 bits per heavy atom. The quantitative estimate of drug-likeness (QED) is 0.863. The molecule has 16 heavy (non-hydrogen) atoms. The molecule has 1 aliphatic rings. The third-order valence-electron chi connectivity index (χ3n) is 3.08. The van der Waals surface area contributed by atoms with Crippen LogP contribution in [-0.4, -0.2) is 54.2 Å². The molecule has 1 N–H and O–H groups in total. The SMILES string of the molecule is CN1CCN(Cc2ccc(Cl)o2)C[C@H]1CO. The van der Waals surface area contributed by atoms with E-state index >= 15 is 0 Å². The van der Waals surface area contributed by atoms with Gasteiger partial charge in [-0.1, -0.05) is 0 Å². The lowest BCUT2D eigenvalue weighted by atomic mass is 10.2. The van der Waals surface area contributed by atoms with E-state index in [-0.39, 0.29) is 12.6 Å². The maximum Gasteiger partial charge on any atom is 0.193 e. The Kier molecular flexibility index (Phi) is 3.86. The van der Waals surface area contributed by atoms with E-state index in [4.69, 9.17) is 16.0 Å². The van der Waals surface area contributed by atoms with Crippen molar-refractivity contribution in [2.45, 2.75) is 12.6 Å². The van der Waals surface area contributed by atoms with Crippen LogP contribution in [0.25, 0.3) is 0 Å². The molecule has 5 heteroatoms. The minimum Gasteiger partial charge on any atom is -0.448 e. The summed E-state index contributed by atoms with van der Waals surface area (Å²) >= 11 is 5.72. The average Bonchev–Trinajstić information content (AvgIpc) is 2.67. The maximum absolute atomic E-state index is 9.24.